The quantitative estimate of drug-likeness (QED) is 0.239. The number of nitrogens with zero attached hydrogens (tertiary/aromatic N) is 2. The molecule has 0 radical (unpaired) electrons. The van der Waals surface area contributed by atoms with E-state index in [1.165, 1.54) is 18.2 Å². The normalized spacial score (nSPS) is 11.0. The van der Waals surface area contributed by atoms with E-state index in [9.17, 15) is 20.2 Å². The van der Waals surface area contributed by atoms with Crippen molar-refractivity contribution in [3.05, 3.63) is 86.1 Å². The predicted molar refractivity (Wildman–Crippen MR) is 112 cm³/mol. The zero-order valence-corrected chi connectivity index (χ0v) is 16.8. The Kier molecular flexibility index (Phi) is 5.90. The molecule has 1 amide bonds. The molecule has 8 heteroatoms. The molecule has 0 bridgehead atoms. The van der Waals surface area contributed by atoms with E-state index in [0.717, 1.165) is 5.56 Å². The number of nitro benzene ring substituents is 1. The molecule has 0 spiro atoms. The number of non-ortho nitro benzene ring substituents is 1. The number of hydrogen-bond acceptors (Lipinski definition) is 5. The summed E-state index contributed by atoms with van der Waals surface area (Å²) in [5.74, 6) is 0.197. The molecule has 0 saturated heterocycles. The highest BCUT2D eigenvalue weighted by Gasteiger charge is 2.15. The van der Waals surface area contributed by atoms with Crippen LogP contribution in [0.4, 0.5) is 11.4 Å². The van der Waals surface area contributed by atoms with Crippen molar-refractivity contribution in [2.45, 2.75) is 6.92 Å². The average molecular weight is 452 g/mol. The SMILES string of the molecule is Cc1cccc(NC(=O)C(C#N)=Cc2ccc(-c3ccc([N+](=O)[O-])cc3Br)o2)c1. The van der Waals surface area contributed by atoms with E-state index in [-0.39, 0.29) is 11.3 Å². The average Bonchev–Trinajstić information content (AvgIpc) is 3.14. The number of benzene rings is 2. The minimum absolute atomic E-state index is 0.0492. The Balaban J connectivity index is 1.83. The van der Waals surface area contributed by atoms with Crippen molar-refractivity contribution in [2.75, 3.05) is 5.32 Å². The van der Waals surface area contributed by atoms with Crippen LogP contribution in [-0.4, -0.2) is 10.8 Å². The summed E-state index contributed by atoms with van der Waals surface area (Å²) >= 11 is 3.30. The lowest BCUT2D eigenvalue weighted by atomic mass is 10.1. The number of amides is 1. The molecule has 7 nitrogen and oxygen atoms in total. The molecule has 29 heavy (non-hydrogen) atoms. The molecule has 144 valence electrons. The molecule has 0 unspecified atom stereocenters. The van der Waals surface area contributed by atoms with Crippen molar-refractivity contribution >= 4 is 39.3 Å². The first kappa shape index (κ1) is 20.0. The van der Waals surface area contributed by atoms with Crippen molar-refractivity contribution in [1.29, 1.82) is 5.26 Å². The highest BCUT2D eigenvalue weighted by Crippen LogP contribution is 2.33. The summed E-state index contributed by atoms with van der Waals surface area (Å²) in [5, 5.41) is 22.9. The lowest BCUT2D eigenvalue weighted by molar-refractivity contribution is -0.384. The van der Waals surface area contributed by atoms with Gasteiger partial charge in [-0.3, -0.25) is 14.9 Å². The second kappa shape index (κ2) is 8.54. The first-order valence-corrected chi connectivity index (χ1v) is 9.20. The third-order valence-electron chi connectivity index (χ3n) is 3.98. The smallest absolute Gasteiger partial charge is 0.270 e. The molecular weight excluding hydrogens is 438 g/mol. The molecule has 0 atom stereocenters. The largest absolute Gasteiger partial charge is 0.457 e. The number of furan rings is 1. The molecule has 0 aliphatic carbocycles. The molecule has 1 aromatic heterocycles. The fourth-order valence-electron chi connectivity index (χ4n) is 2.60. The van der Waals surface area contributed by atoms with E-state index >= 15 is 0 Å². The van der Waals surface area contributed by atoms with Crippen LogP contribution in [0, 0.1) is 28.4 Å². The first-order chi connectivity index (χ1) is 13.9. The molecule has 3 aromatic rings. The Labute approximate surface area is 174 Å². The van der Waals surface area contributed by atoms with Crippen molar-refractivity contribution < 1.29 is 14.1 Å². The van der Waals surface area contributed by atoms with Crippen LogP contribution >= 0.6 is 15.9 Å². The van der Waals surface area contributed by atoms with Crippen molar-refractivity contribution in [3.8, 4) is 17.4 Å². The van der Waals surface area contributed by atoms with Gasteiger partial charge in [-0.25, -0.2) is 0 Å². The van der Waals surface area contributed by atoms with Gasteiger partial charge in [0.1, 0.15) is 23.2 Å². The summed E-state index contributed by atoms with van der Waals surface area (Å²) in [5.41, 5.74) is 2.01. The van der Waals surface area contributed by atoms with E-state index in [0.29, 0.717) is 27.2 Å². The van der Waals surface area contributed by atoms with Crippen LogP contribution in [0.5, 0.6) is 0 Å². The fourth-order valence-corrected chi connectivity index (χ4v) is 3.17. The van der Waals surface area contributed by atoms with Crippen LogP contribution < -0.4 is 5.32 Å². The van der Waals surface area contributed by atoms with Crippen LogP contribution in [0.15, 0.2) is 69.1 Å². The number of nitrogens with one attached hydrogen (secondary N) is 1. The van der Waals surface area contributed by atoms with Gasteiger partial charge in [0, 0.05) is 33.9 Å². The zero-order valence-electron chi connectivity index (χ0n) is 15.2. The topological polar surface area (TPSA) is 109 Å². The second-order valence-corrected chi connectivity index (χ2v) is 6.97. The molecule has 0 fully saturated rings. The third-order valence-corrected chi connectivity index (χ3v) is 4.64. The maximum absolute atomic E-state index is 12.4. The number of nitro groups is 1. The number of carbonyl (C=O) groups is 1. The Morgan fingerprint density at radius 1 is 1.24 bits per heavy atom. The van der Waals surface area contributed by atoms with E-state index in [2.05, 4.69) is 21.2 Å². The summed E-state index contributed by atoms with van der Waals surface area (Å²) < 4.78 is 6.19. The van der Waals surface area contributed by atoms with Gasteiger partial charge in [0.05, 0.1) is 4.92 Å². The number of carbonyl (C=O) groups excluding carboxylic acids is 1. The van der Waals surface area contributed by atoms with Gasteiger partial charge >= 0.3 is 0 Å². The first-order valence-electron chi connectivity index (χ1n) is 8.41. The van der Waals surface area contributed by atoms with E-state index in [4.69, 9.17) is 4.42 Å². The van der Waals surface area contributed by atoms with Gasteiger partial charge in [-0.15, -0.1) is 0 Å². The van der Waals surface area contributed by atoms with E-state index in [1.807, 2.05) is 25.1 Å². The minimum Gasteiger partial charge on any atom is -0.457 e. The maximum Gasteiger partial charge on any atom is 0.270 e. The number of anilines is 1. The minimum atomic E-state index is -0.549. The van der Waals surface area contributed by atoms with Crippen molar-refractivity contribution in [2.24, 2.45) is 0 Å². The van der Waals surface area contributed by atoms with Crippen molar-refractivity contribution in [1.82, 2.24) is 0 Å². The highest BCUT2D eigenvalue weighted by atomic mass is 79.9. The van der Waals surface area contributed by atoms with Gasteiger partial charge < -0.3 is 9.73 Å². The molecule has 0 saturated carbocycles. The van der Waals surface area contributed by atoms with Gasteiger partial charge in [-0.05, 0) is 58.7 Å². The van der Waals surface area contributed by atoms with Gasteiger partial charge in [0.25, 0.3) is 11.6 Å². The van der Waals surface area contributed by atoms with Crippen LogP contribution in [0.1, 0.15) is 11.3 Å². The van der Waals surface area contributed by atoms with Gasteiger partial charge in [0.2, 0.25) is 0 Å². The van der Waals surface area contributed by atoms with Crippen molar-refractivity contribution in [3.63, 3.8) is 0 Å². The van der Waals surface area contributed by atoms with Gasteiger partial charge in [-0.1, -0.05) is 12.1 Å². The third kappa shape index (κ3) is 4.78. The summed E-state index contributed by atoms with van der Waals surface area (Å²) in [6.45, 7) is 1.90. The lowest BCUT2D eigenvalue weighted by Gasteiger charge is -2.04. The summed E-state index contributed by atoms with van der Waals surface area (Å²) in [7, 11) is 0. The second-order valence-electron chi connectivity index (χ2n) is 6.12. The Hall–Kier alpha value is -3.70. The molecule has 2 aromatic carbocycles. The summed E-state index contributed by atoms with van der Waals surface area (Å²) in [4.78, 5) is 22.7. The Bertz CT molecular complexity index is 1170. The molecule has 1 heterocycles. The van der Waals surface area contributed by atoms with E-state index in [1.54, 1.807) is 30.3 Å². The maximum atomic E-state index is 12.4. The van der Waals surface area contributed by atoms with Gasteiger partial charge in [0.15, 0.2) is 0 Å². The van der Waals surface area contributed by atoms with Crippen LogP contribution in [0.2, 0.25) is 0 Å². The number of rotatable bonds is 5. The monoisotopic (exact) mass is 451 g/mol. The standard InChI is InChI=1S/C21H14BrN3O4/c1-13-3-2-4-15(9-13)24-21(26)14(12-23)10-17-6-8-20(29-17)18-7-5-16(25(27)28)11-19(18)22/h2-11H,1H3,(H,24,26). The number of hydrogen-bond donors (Lipinski definition) is 1. The Morgan fingerprint density at radius 2 is 2.03 bits per heavy atom. The number of aryl methyl sites for hydroxylation is 1. The molecular formula is C21H14BrN3O4. The Morgan fingerprint density at radius 3 is 2.69 bits per heavy atom. The van der Waals surface area contributed by atoms with Crippen LogP contribution in [-0.2, 0) is 4.79 Å². The predicted octanol–water partition coefficient (Wildman–Crippen LogP) is 5.47. The number of nitriles is 1. The molecule has 1 N–H and O–H groups in total. The van der Waals surface area contributed by atoms with Crippen LogP contribution in [0.25, 0.3) is 17.4 Å². The molecule has 3 rings (SSSR count). The van der Waals surface area contributed by atoms with Crippen LogP contribution in [0.3, 0.4) is 0 Å². The van der Waals surface area contributed by atoms with Gasteiger partial charge in [-0.2, -0.15) is 5.26 Å². The molecule has 0 aliphatic heterocycles. The lowest BCUT2D eigenvalue weighted by Crippen LogP contribution is -2.13. The summed E-state index contributed by atoms with van der Waals surface area (Å²) in [6, 6.07) is 16.7. The fraction of sp³-hybridized carbons (Fsp3) is 0.0476. The zero-order chi connectivity index (χ0) is 21.0. The summed E-state index contributed by atoms with van der Waals surface area (Å²) in [6.07, 6.45) is 1.34. The highest BCUT2D eigenvalue weighted by molar-refractivity contribution is 9.10. The molecule has 0 aliphatic rings. The van der Waals surface area contributed by atoms with E-state index < -0.39 is 10.8 Å². The number of halogens is 1.